The van der Waals surface area contributed by atoms with Gasteiger partial charge < -0.3 is 10.2 Å². The summed E-state index contributed by atoms with van der Waals surface area (Å²) in [6.07, 6.45) is 0. The molecule has 196 valence electrons. The van der Waals surface area contributed by atoms with Crippen LogP contribution in [-0.2, 0) is 26.2 Å². The molecule has 0 aliphatic heterocycles. The van der Waals surface area contributed by atoms with E-state index in [9.17, 15) is 22.4 Å². The second-order valence-electron chi connectivity index (χ2n) is 8.73. The van der Waals surface area contributed by atoms with Gasteiger partial charge in [-0.15, -0.1) is 0 Å². The molecule has 3 aromatic rings. The molecule has 10 heteroatoms. The van der Waals surface area contributed by atoms with Crippen LogP contribution in [0.25, 0.3) is 0 Å². The van der Waals surface area contributed by atoms with Crippen molar-refractivity contribution >= 4 is 39.1 Å². The normalized spacial score (nSPS) is 12.2. The number of hydrogen-bond acceptors (Lipinski definition) is 4. The molecule has 0 spiro atoms. The van der Waals surface area contributed by atoms with Crippen LogP contribution < -0.4 is 9.62 Å². The minimum Gasteiger partial charge on any atom is -0.352 e. The van der Waals surface area contributed by atoms with Crippen LogP contribution in [0.3, 0.4) is 0 Å². The molecule has 1 N–H and O–H groups in total. The van der Waals surface area contributed by atoms with E-state index in [2.05, 4.69) is 5.32 Å². The summed E-state index contributed by atoms with van der Waals surface area (Å²) in [5.74, 6) is -1.93. The number of hydrogen-bond donors (Lipinski definition) is 1. The zero-order valence-corrected chi connectivity index (χ0v) is 22.3. The molecule has 0 bridgehead atoms. The van der Waals surface area contributed by atoms with Crippen LogP contribution in [-0.4, -0.2) is 43.8 Å². The summed E-state index contributed by atoms with van der Waals surface area (Å²) >= 11 is 6.32. The second kappa shape index (κ2) is 12.2. The van der Waals surface area contributed by atoms with Gasteiger partial charge in [0.05, 0.1) is 10.6 Å². The Labute approximate surface area is 221 Å². The van der Waals surface area contributed by atoms with Crippen LogP contribution in [0.5, 0.6) is 0 Å². The molecule has 0 saturated heterocycles. The van der Waals surface area contributed by atoms with Crippen molar-refractivity contribution in [3.05, 3.63) is 95.3 Å². The third-order valence-electron chi connectivity index (χ3n) is 5.63. The summed E-state index contributed by atoms with van der Waals surface area (Å²) in [5, 5.41) is 3.16. The van der Waals surface area contributed by atoms with E-state index in [0.29, 0.717) is 10.6 Å². The van der Waals surface area contributed by atoms with E-state index in [1.165, 1.54) is 47.4 Å². The molecule has 1 unspecified atom stereocenters. The number of halogens is 2. The Morgan fingerprint density at radius 1 is 0.919 bits per heavy atom. The average Bonchev–Trinajstić information content (AvgIpc) is 2.87. The number of carbonyl (C=O) groups excluding carboxylic acids is 2. The highest BCUT2D eigenvalue weighted by Gasteiger charge is 2.33. The van der Waals surface area contributed by atoms with Crippen molar-refractivity contribution in [2.75, 3.05) is 10.8 Å². The van der Waals surface area contributed by atoms with Crippen molar-refractivity contribution in [2.45, 2.75) is 44.3 Å². The van der Waals surface area contributed by atoms with Gasteiger partial charge in [-0.05, 0) is 56.7 Å². The van der Waals surface area contributed by atoms with Gasteiger partial charge in [-0.3, -0.25) is 13.9 Å². The molecule has 37 heavy (non-hydrogen) atoms. The first-order valence-electron chi connectivity index (χ1n) is 11.7. The summed E-state index contributed by atoms with van der Waals surface area (Å²) in [5.41, 5.74) is 0.293. The minimum absolute atomic E-state index is 0.0539. The van der Waals surface area contributed by atoms with Crippen LogP contribution in [0.1, 0.15) is 26.3 Å². The van der Waals surface area contributed by atoms with Crippen LogP contribution >= 0.6 is 11.6 Å². The van der Waals surface area contributed by atoms with Gasteiger partial charge >= 0.3 is 0 Å². The molecule has 2 amide bonds. The SMILES string of the molecule is CC(C)NC(=O)C(C)N(Cc1ccccc1Cl)C(=O)CN(c1ccccc1F)S(=O)(=O)c1ccccc1. The average molecular weight is 546 g/mol. The molecule has 0 heterocycles. The molecule has 0 aromatic heterocycles. The molecule has 3 rings (SSSR count). The van der Waals surface area contributed by atoms with Gasteiger partial charge in [-0.25, -0.2) is 12.8 Å². The van der Waals surface area contributed by atoms with E-state index in [-0.39, 0.29) is 23.2 Å². The van der Waals surface area contributed by atoms with Crippen LogP contribution in [0.4, 0.5) is 10.1 Å². The smallest absolute Gasteiger partial charge is 0.264 e. The van der Waals surface area contributed by atoms with Gasteiger partial charge in [0.25, 0.3) is 10.0 Å². The lowest BCUT2D eigenvalue weighted by Gasteiger charge is -2.32. The molecule has 0 aliphatic carbocycles. The number of anilines is 1. The summed E-state index contributed by atoms with van der Waals surface area (Å²) in [4.78, 5) is 27.8. The highest BCUT2D eigenvalue weighted by atomic mass is 35.5. The molecule has 1 atom stereocenters. The number of nitrogens with one attached hydrogen (secondary N) is 1. The maximum absolute atomic E-state index is 14.9. The van der Waals surface area contributed by atoms with E-state index >= 15 is 0 Å². The lowest BCUT2D eigenvalue weighted by molar-refractivity contribution is -0.139. The first-order chi connectivity index (χ1) is 17.5. The lowest BCUT2D eigenvalue weighted by Crippen LogP contribution is -2.52. The van der Waals surface area contributed by atoms with Crippen molar-refractivity contribution in [1.29, 1.82) is 0 Å². The molecule has 0 fully saturated rings. The fourth-order valence-corrected chi connectivity index (χ4v) is 5.32. The maximum Gasteiger partial charge on any atom is 0.264 e. The van der Waals surface area contributed by atoms with E-state index in [1.54, 1.807) is 51.1 Å². The van der Waals surface area contributed by atoms with Crippen molar-refractivity contribution in [3.63, 3.8) is 0 Å². The Balaban J connectivity index is 2.04. The number of benzene rings is 3. The number of sulfonamides is 1. The number of nitrogens with zero attached hydrogens (tertiary/aromatic N) is 2. The third kappa shape index (κ3) is 6.87. The Bertz CT molecular complexity index is 1350. The quantitative estimate of drug-likeness (QED) is 0.403. The van der Waals surface area contributed by atoms with Crippen LogP contribution in [0, 0.1) is 5.82 Å². The van der Waals surface area contributed by atoms with E-state index in [4.69, 9.17) is 11.6 Å². The number of para-hydroxylation sites is 1. The number of amides is 2. The molecule has 0 saturated carbocycles. The Morgan fingerprint density at radius 3 is 2.14 bits per heavy atom. The van der Waals surface area contributed by atoms with Crippen molar-refractivity contribution < 1.29 is 22.4 Å². The standard InChI is InChI=1S/C27H29ClFN3O4S/c1-19(2)30-27(34)20(3)31(17-21-11-7-8-14-23(21)28)26(33)18-32(25-16-10-9-15-24(25)29)37(35,36)22-12-5-4-6-13-22/h4-16,19-20H,17-18H2,1-3H3,(H,30,34). The largest absolute Gasteiger partial charge is 0.352 e. The first kappa shape index (κ1) is 28.1. The number of carbonyl (C=O) groups is 2. The van der Waals surface area contributed by atoms with Crippen LogP contribution in [0.2, 0.25) is 5.02 Å². The van der Waals surface area contributed by atoms with Gasteiger partial charge in [0.1, 0.15) is 18.4 Å². The zero-order valence-electron chi connectivity index (χ0n) is 20.8. The van der Waals surface area contributed by atoms with Gasteiger partial charge in [-0.1, -0.05) is 60.1 Å². The minimum atomic E-state index is -4.33. The van der Waals surface area contributed by atoms with E-state index < -0.39 is 40.2 Å². The Morgan fingerprint density at radius 2 is 1.51 bits per heavy atom. The van der Waals surface area contributed by atoms with Gasteiger partial charge in [0.2, 0.25) is 11.8 Å². The Kier molecular flexibility index (Phi) is 9.29. The topological polar surface area (TPSA) is 86.8 Å². The van der Waals surface area contributed by atoms with Crippen molar-refractivity contribution in [3.8, 4) is 0 Å². The molecule has 0 aliphatic rings. The van der Waals surface area contributed by atoms with Gasteiger partial charge in [-0.2, -0.15) is 0 Å². The maximum atomic E-state index is 14.9. The zero-order chi connectivity index (χ0) is 27.2. The highest BCUT2D eigenvalue weighted by molar-refractivity contribution is 7.92. The van der Waals surface area contributed by atoms with Crippen molar-refractivity contribution in [1.82, 2.24) is 10.2 Å². The van der Waals surface area contributed by atoms with Crippen molar-refractivity contribution in [2.24, 2.45) is 0 Å². The summed E-state index contributed by atoms with van der Waals surface area (Å²) in [7, 11) is -4.33. The predicted octanol–water partition coefficient (Wildman–Crippen LogP) is 4.62. The monoisotopic (exact) mass is 545 g/mol. The molecule has 7 nitrogen and oxygen atoms in total. The fraction of sp³-hybridized carbons (Fsp3) is 0.259. The molecular weight excluding hydrogens is 517 g/mol. The molecule has 3 aromatic carbocycles. The van der Waals surface area contributed by atoms with E-state index in [1.807, 2.05) is 0 Å². The molecular formula is C27H29ClFN3O4S. The first-order valence-corrected chi connectivity index (χ1v) is 13.5. The fourth-order valence-electron chi connectivity index (χ4n) is 3.68. The second-order valence-corrected chi connectivity index (χ2v) is 11.0. The van der Waals surface area contributed by atoms with Gasteiger partial charge in [0, 0.05) is 17.6 Å². The summed E-state index contributed by atoms with van der Waals surface area (Å²) < 4.78 is 42.8. The summed E-state index contributed by atoms with van der Waals surface area (Å²) in [6.45, 7) is 4.34. The summed E-state index contributed by atoms with van der Waals surface area (Å²) in [6, 6.07) is 18.5. The highest BCUT2D eigenvalue weighted by Crippen LogP contribution is 2.27. The van der Waals surface area contributed by atoms with Crippen LogP contribution in [0.15, 0.2) is 83.8 Å². The third-order valence-corrected chi connectivity index (χ3v) is 7.77. The number of rotatable bonds is 10. The van der Waals surface area contributed by atoms with Gasteiger partial charge in [0.15, 0.2) is 0 Å². The molecule has 0 radical (unpaired) electrons. The Hall–Kier alpha value is -3.43. The lowest BCUT2D eigenvalue weighted by atomic mass is 10.1. The predicted molar refractivity (Wildman–Crippen MR) is 142 cm³/mol. The van der Waals surface area contributed by atoms with E-state index in [0.717, 1.165) is 10.4 Å².